The van der Waals surface area contributed by atoms with Gasteiger partial charge in [0.05, 0.1) is 23.6 Å². The Kier molecular flexibility index (Phi) is 7.10. The van der Waals surface area contributed by atoms with Crippen LogP contribution in [0.1, 0.15) is 38.8 Å². The first-order valence-electron chi connectivity index (χ1n) is 10.6. The molecule has 0 saturated carbocycles. The number of hydrogen-bond donors (Lipinski definition) is 2. The molecule has 2 heterocycles. The van der Waals surface area contributed by atoms with Gasteiger partial charge in [0, 0.05) is 13.6 Å². The van der Waals surface area contributed by atoms with Gasteiger partial charge < -0.3 is 15.5 Å². The van der Waals surface area contributed by atoms with Crippen LogP contribution in [0.15, 0.2) is 28.0 Å². The summed E-state index contributed by atoms with van der Waals surface area (Å²) in [7, 11) is 1.74. The van der Waals surface area contributed by atoms with E-state index in [0.717, 1.165) is 19.3 Å². The van der Waals surface area contributed by atoms with Crippen LogP contribution in [0.25, 0.3) is 22.4 Å². The fraction of sp³-hybridized carbons (Fsp3) is 0.409. The van der Waals surface area contributed by atoms with E-state index in [4.69, 9.17) is 10.5 Å². The number of aromatic nitrogens is 4. The molecule has 168 valence electrons. The quantitative estimate of drug-likeness (QED) is 0.182. The van der Waals surface area contributed by atoms with Crippen molar-refractivity contribution in [3.63, 3.8) is 0 Å². The van der Waals surface area contributed by atoms with Gasteiger partial charge in [0.2, 0.25) is 5.96 Å². The maximum Gasteiger partial charge on any atom is 0.262 e. The Morgan fingerprint density at radius 1 is 1.38 bits per heavy atom. The standard InChI is InChI=1S/C22H28N8O2/c1-5-7-10-25-22(24)30(13-23)15-8-9-17(32-11-6-2)16(12-15)19-26-20-18(21(31)27-19)14(3)28-29(20)4/h8-9,12H,5-7,10-11H2,1-4H3,(H2,24,25)(H,26,27,31). The molecule has 0 saturated heterocycles. The lowest BCUT2D eigenvalue weighted by Crippen LogP contribution is -2.33. The van der Waals surface area contributed by atoms with Crippen molar-refractivity contribution >= 4 is 22.7 Å². The molecule has 0 atom stereocenters. The monoisotopic (exact) mass is 436 g/mol. The molecule has 0 amide bonds. The molecular weight excluding hydrogens is 408 g/mol. The van der Waals surface area contributed by atoms with E-state index >= 15 is 0 Å². The van der Waals surface area contributed by atoms with Crippen molar-refractivity contribution in [3.05, 3.63) is 34.2 Å². The highest BCUT2D eigenvalue weighted by Crippen LogP contribution is 2.32. The van der Waals surface area contributed by atoms with Gasteiger partial charge in [-0.3, -0.25) is 9.79 Å². The van der Waals surface area contributed by atoms with Gasteiger partial charge in [-0.1, -0.05) is 20.3 Å². The molecule has 1 aromatic carbocycles. The minimum absolute atomic E-state index is 0.105. The molecule has 3 rings (SSSR count). The molecule has 3 N–H and O–H groups in total. The number of H-pyrrole nitrogens is 1. The molecule has 0 fully saturated rings. The van der Waals surface area contributed by atoms with Crippen molar-refractivity contribution in [1.82, 2.24) is 19.7 Å². The van der Waals surface area contributed by atoms with Crippen LogP contribution in [-0.4, -0.2) is 38.9 Å². The number of nitrogens with one attached hydrogen (secondary N) is 1. The van der Waals surface area contributed by atoms with Crippen molar-refractivity contribution in [1.29, 1.82) is 5.26 Å². The smallest absolute Gasteiger partial charge is 0.262 e. The van der Waals surface area contributed by atoms with Crippen LogP contribution in [0.2, 0.25) is 0 Å². The third-order valence-electron chi connectivity index (χ3n) is 4.92. The molecule has 0 aliphatic carbocycles. The third kappa shape index (κ3) is 4.56. The van der Waals surface area contributed by atoms with Gasteiger partial charge in [-0.15, -0.1) is 0 Å². The number of unbranched alkanes of at least 4 members (excludes halogenated alkanes) is 1. The Balaban J connectivity index is 2.14. The zero-order valence-corrected chi connectivity index (χ0v) is 18.8. The Morgan fingerprint density at radius 2 is 2.16 bits per heavy atom. The fourth-order valence-electron chi connectivity index (χ4n) is 3.32. The zero-order chi connectivity index (χ0) is 23.3. The second-order valence-corrected chi connectivity index (χ2v) is 7.38. The second kappa shape index (κ2) is 9.96. The molecule has 2 aromatic heterocycles. The number of ether oxygens (including phenoxy) is 1. The first-order chi connectivity index (χ1) is 15.4. The number of anilines is 1. The van der Waals surface area contributed by atoms with Crippen LogP contribution in [0.4, 0.5) is 5.69 Å². The lowest BCUT2D eigenvalue weighted by atomic mass is 10.1. The maximum absolute atomic E-state index is 12.8. The lowest BCUT2D eigenvalue weighted by Gasteiger charge is -2.18. The minimum atomic E-state index is -0.291. The molecule has 0 unspecified atom stereocenters. The molecule has 10 heteroatoms. The van der Waals surface area contributed by atoms with E-state index in [1.165, 1.54) is 4.90 Å². The third-order valence-corrected chi connectivity index (χ3v) is 4.92. The highest BCUT2D eigenvalue weighted by molar-refractivity contribution is 5.98. The van der Waals surface area contributed by atoms with Crippen molar-refractivity contribution in [3.8, 4) is 23.3 Å². The molecule has 0 radical (unpaired) electrons. The van der Waals surface area contributed by atoms with E-state index in [0.29, 0.717) is 52.7 Å². The summed E-state index contributed by atoms with van der Waals surface area (Å²) in [6.45, 7) is 6.86. The second-order valence-electron chi connectivity index (χ2n) is 7.38. The van der Waals surface area contributed by atoms with Crippen LogP contribution in [-0.2, 0) is 7.05 Å². The topological polar surface area (TPSA) is 138 Å². The zero-order valence-electron chi connectivity index (χ0n) is 18.8. The highest BCUT2D eigenvalue weighted by atomic mass is 16.5. The predicted molar refractivity (Wildman–Crippen MR) is 125 cm³/mol. The Hall–Kier alpha value is -3.87. The summed E-state index contributed by atoms with van der Waals surface area (Å²) in [4.78, 5) is 25.8. The number of nitriles is 1. The largest absolute Gasteiger partial charge is 0.493 e. The number of aryl methyl sites for hydroxylation is 2. The van der Waals surface area contributed by atoms with Gasteiger partial charge in [0.15, 0.2) is 11.8 Å². The van der Waals surface area contributed by atoms with Crippen molar-refractivity contribution < 1.29 is 4.74 Å². The number of guanidine groups is 1. The molecule has 32 heavy (non-hydrogen) atoms. The van der Waals surface area contributed by atoms with Gasteiger partial charge >= 0.3 is 0 Å². The number of nitrogens with two attached hydrogens (primary N) is 1. The molecular formula is C22H28N8O2. The average molecular weight is 437 g/mol. The van der Waals surface area contributed by atoms with Crippen molar-refractivity contribution in [2.45, 2.75) is 40.0 Å². The van der Waals surface area contributed by atoms with E-state index in [-0.39, 0.29) is 11.5 Å². The number of nitrogens with zero attached hydrogens (tertiary/aromatic N) is 6. The van der Waals surface area contributed by atoms with Crippen molar-refractivity contribution in [2.75, 3.05) is 18.1 Å². The Morgan fingerprint density at radius 3 is 2.84 bits per heavy atom. The average Bonchev–Trinajstić information content (AvgIpc) is 3.07. The summed E-state index contributed by atoms with van der Waals surface area (Å²) in [5, 5.41) is 14.4. The van der Waals surface area contributed by atoms with Gasteiger partial charge in [0.1, 0.15) is 17.0 Å². The maximum atomic E-state index is 12.8. The number of fused-ring (bicyclic) bond motifs is 1. The van der Waals surface area contributed by atoms with Crippen LogP contribution in [0.3, 0.4) is 0 Å². The van der Waals surface area contributed by atoms with Gasteiger partial charge in [-0.2, -0.15) is 10.4 Å². The first-order valence-corrected chi connectivity index (χ1v) is 10.6. The highest BCUT2D eigenvalue weighted by Gasteiger charge is 2.19. The SMILES string of the molecule is CCCCN=C(N)N(C#N)c1ccc(OCCC)c(-c2nc3c(c(C)nn3C)c(=O)[nH]2)c1. The fourth-order valence-corrected chi connectivity index (χ4v) is 3.32. The number of rotatable bonds is 8. The van der Waals surface area contributed by atoms with E-state index < -0.39 is 0 Å². The molecule has 0 spiro atoms. The normalized spacial score (nSPS) is 11.5. The molecule has 0 aliphatic rings. The van der Waals surface area contributed by atoms with Gasteiger partial charge in [-0.25, -0.2) is 14.6 Å². The van der Waals surface area contributed by atoms with E-state index in [2.05, 4.69) is 33.2 Å². The summed E-state index contributed by atoms with van der Waals surface area (Å²) in [5.41, 5.74) is 7.87. The summed E-state index contributed by atoms with van der Waals surface area (Å²) < 4.78 is 7.46. The number of hydrogen-bond acceptors (Lipinski definition) is 6. The molecule has 0 bridgehead atoms. The van der Waals surface area contributed by atoms with Gasteiger partial charge in [-0.05, 0) is 38.0 Å². The van der Waals surface area contributed by atoms with E-state index in [1.54, 1.807) is 36.9 Å². The number of benzene rings is 1. The summed E-state index contributed by atoms with van der Waals surface area (Å²) in [5.74, 6) is 0.961. The van der Waals surface area contributed by atoms with E-state index in [9.17, 15) is 10.1 Å². The Bertz CT molecular complexity index is 1240. The molecule has 0 aliphatic heterocycles. The first kappa shape index (κ1) is 22.8. The molecule has 10 nitrogen and oxygen atoms in total. The number of aromatic amines is 1. The summed E-state index contributed by atoms with van der Waals surface area (Å²) in [6.07, 6.45) is 4.74. The van der Waals surface area contributed by atoms with Crippen LogP contribution in [0.5, 0.6) is 5.75 Å². The van der Waals surface area contributed by atoms with Crippen LogP contribution >= 0.6 is 0 Å². The predicted octanol–water partition coefficient (Wildman–Crippen LogP) is 2.82. The van der Waals surface area contributed by atoms with Crippen LogP contribution < -0.4 is 20.9 Å². The lowest BCUT2D eigenvalue weighted by molar-refractivity contribution is 0.318. The van der Waals surface area contributed by atoms with Gasteiger partial charge in [0.25, 0.3) is 5.56 Å². The number of aliphatic imine (C=N–C) groups is 1. The summed E-state index contributed by atoms with van der Waals surface area (Å²) >= 11 is 0. The van der Waals surface area contributed by atoms with Crippen molar-refractivity contribution in [2.24, 2.45) is 17.8 Å². The molecule has 3 aromatic rings. The van der Waals surface area contributed by atoms with E-state index in [1.807, 2.05) is 6.92 Å². The summed E-state index contributed by atoms with van der Waals surface area (Å²) in [6, 6.07) is 5.18. The Labute approximate surface area is 186 Å². The minimum Gasteiger partial charge on any atom is -0.493 e. The van der Waals surface area contributed by atoms with Crippen LogP contribution in [0, 0.1) is 18.4 Å².